The summed E-state index contributed by atoms with van der Waals surface area (Å²) in [6, 6.07) is 2.67. The number of hydrogen-bond acceptors (Lipinski definition) is 8. The molecule has 14 heteroatoms. The number of halogens is 2. The van der Waals surface area contributed by atoms with Crippen LogP contribution in [0, 0.1) is 17.0 Å². The number of aromatic amines is 1. The second-order valence-corrected chi connectivity index (χ2v) is 14.8. The van der Waals surface area contributed by atoms with Crippen LogP contribution in [0.5, 0.6) is 0 Å². The third-order valence-electron chi connectivity index (χ3n) is 8.91. The number of anilines is 2. The van der Waals surface area contributed by atoms with Crippen LogP contribution in [0.1, 0.15) is 54.4 Å². The zero-order valence-electron chi connectivity index (χ0n) is 27.9. The summed E-state index contributed by atoms with van der Waals surface area (Å²) in [7, 11) is 1.45. The molecule has 2 aliphatic rings. The van der Waals surface area contributed by atoms with Crippen molar-refractivity contribution < 1.29 is 27.8 Å². The summed E-state index contributed by atoms with van der Waals surface area (Å²) in [5.41, 5.74) is 1.59. The van der Waals surface area contributed by atoms with E-state index in [2.05, 4.69) is 30.3 Å². The Labute approximate surface area is 275 Å². The highest BCUT2D eigenvalue weighted by Crippen LogP contribution is 2.55. The lowest BCUT2D eigenvalue weighted by atomic mass is 10.0. The average molecular weight is 661 g/mol. The molecule has 1 aromatic carbocycles. The smallest absolute Gasteiger partial charge is 0.414 e. The van der Waals surface area contributed by atoms with E-state index in [-0.39, 0.29) is 28.0 Å². The Morgan fingerprint density at radius 3 is 2.56 bits per heavy atom. The van der Waals surface area contributed by atoms with Gasteiger partial charge in [0, 0.05) is 73.4 Å². The van der Waals surface area contributed by atoms with E-state index in [0.29, 0.717) is 46.6 Å². The van der Waals surface area contributed by atoms with Crippen LogP contribution in [0.2, 0.25) is 0 Å². The van der Waals surface area contributed by atoms with E-state index in [4.69, 9.17) is 9.47 Å². The second kappa shape index (κ2) is 10.8. The van der Waals surface area contributed by atoms with Crippen molar-refractivity contribution in [2.75, 3.05) is 29.9 Å². The van der Waals surface area contributed by atoms with Crippen molar-refractivity contribution in [3.63, 3.8) is 0 Å². The molecular weight excluding hydrogens is 622 g/mol. The maximum Gasteiger partial charge on any atom is 0.414 e. The van der Waals surface area contributed by atoms with Crippen molar-refractivity contribution >= 4 is 51.1 Å². The first-order valence-corrected chi connectivity index (χ1v) is 15.9. The maximum absolute atomic E-state index is 16.1. The van der Waals surface area contributed by atoms with Gasteiger partial charge >= 0.3 is 12.2 Å². The van der Waals surface area contributed by atoms with Crippen LogP contribution in [0.25, 0.3) is 38.7 Å². The van der Waals surface area contributed by atoms with E-state index in [0.717, 1.165) is 23.8 Å². The highest BCUT2D eigenvalue weighted by Gasteiger charge is 2.59. The standard InChI is InChI=1S/C34H38F2N8O4/c1-32(2,3)47-30(45)40-22-13-34(22)9-11-43(17-34)28-19(18-14-37-23-8-10-39-44(23)16-18)15-38-29-25(28)24-26(36)20(35)12-21(27(24)41-29)42(7)31(46)48-33(4,5)6/h8,10,12,14-16,22H,9,11,13,17H2,1-7H3,(H,38,41)(H,40,45)/t22-,34?/m1/s1. The van der Waals surface area contributed by atoms with Gasteiger partial charge in [-0.3, -0.25) is 4.90 Å². The van der Waals surface area contributed by atoms with E-state index in [1.807, 2.05) is 27.0 Å². The lowest BCUT2D eigenvalue weighted by Crippen LogP contribution is -2.36. The molecule has 1 aliphatic carbocycles. The maximum atomic E-state index is 16.1. The Morgan fingerprint density at radius 1 is 1.08 bits per heavy atom. The number of hydrogen-bond donors (Lipinski definition) is 2. The molecule has 1 saturated heterocycles. The molecule has 7 rings (SSSR count). The lowest BCUT2D eigenvalue weighted by molar-refractivity contribution is 0.0515. The van der Waals surface area contributed by atoms with E-state index < -0.39 is 35.0 Å². The third-order valence-corrected chi connectivity index (χ3v) is 8.91. The van der Waals surface area contributed by atoms with Gasteiger partial charge in [0.05, 0.1) is 33.9 Å². The topological polar surface area (TPSA) is 130 Å². The average Bonchev–Trinajstić information content (AvgIpc) is 3.39. The summed E-state index contributed by atoms with van der Waals surface area (Å²) in [6.45, 7) is 11.8. The predicted molar refractivity (Wildman–Crippen MR) is 177 cm³/mol. The molecule has 1 saturated carbocycles. The van der Waals surface area contributed by atoms with Crippen molar-refractivity contribution in [2.24, 2.45) is 5.41 Å². The number of H-pyrrole nitrogens is 1. The Balaban J connectivity index is 1.37. The minimum Gasteiger partial charge on any atom is -0.444 e. The van der Waals surface area contributed by atoms with E-state index in [1.165, 1.54) is 7.05 Å². The number of alkyl carbamates (subject to hydrolysis) is 1. The van der Waals surface area contributed by atoms with E-state index in [1.54, 1.807) is 49.9 Å². The van der Waals surface area contributed by atoms with Gasteiger partial charge in [-0.2, -0.15) is 5.10 Å². The predicted octanol–water partition coefficient (Wildman–Crippen LogP) is 6.57. The minimum atomic E-state index is -1.12. The molecule has 0 bridgehead atoms. The zero-order valence-corrected chi connectivity index (χ0v) is 27.9. The second-order valence-electron chi connectivity index (χ2n) is 14.8. The van der Waals surface area contributed by atoms with Gasteiger partial charge in [-0.15, -0.1) is 0 Å². The van der Waals surface area contributed by atoms with Crippen LogP contribution < -0.4 is 15.1 Å². The van der Waals surface area contributed by atoms with Gasteiger partial charge in [-0.25, -0.2) is 32.9 Å². The zero-order chi connectivity index (χ0) is 34.3. The summed E-state index contributed by atoms with van der Waals surface area (Å²) < 4.78 is 44.2. The van der Waals surface area contributed by atoms with Crippen molar-refractivity contribution in [3.8, 4) is 11.1 Å². The molecule has 48 heavy (non-hydrogen) atoms. The van der Waals surface area contributed by atoms with Gasteiger partial charge in [-0.05, 0) is 54.4 Å². The summed E-state index contributed by atoms with van der Waals surface area (Å²) in [5.74, 6) is -2.19. The van der Waals surface area contributed by atoms with Crippen molar-refractivity contribution in [2.45, 2.75) is 71.6 Å². The number of fused-ring (bicyclic) bond motifs is 4. The molecule has 252 valence electrons. The van der Waals surface area contributed by atoms with Crippen LogP contribution >= 0.6 is 0 Å². The van der Waals surface area contributed by atoms with Crippen LogP contribution in [0.15, 0.2) is 36.9 Å². The molecule has 2 atom stereocenters. The Hall–Kier alpha value is -5.01. The number of rotatable bonds is 4. The van der Waals surface area contributed by atoms with Crippen LogP contribution in [-0.4, -0.2) is 74.1 Å². The number of carbonyl (C=O) groups is 2. The van der Waals surface area contributed by atoms with Gasteiger partial charge < -0.3 is 24.7 Å². The van der Waals surface area contributed by atoms with Crippen molar-refractivity contribution in [3.05, 3.63) is 48.6 Å². The number of aromatic nitrogens is 5. The SMILES string of the molecule is CN(C(=O)OC(C)(C)C)c1cc(F)c(F)c2c1[nH]c1ncc(-c3cnc4ccnn4c3)c(N3CCC4(C[C@H]4NC(=O)OC(C)(C)C)C3)c12. The number of ether oxygens (including phenoxy) is 2. The molecule has 5 heterocycles. The van der Waals surface area contributed by atoms with Gasteiger partial charge in [0.2, 0.25) is 0 Å². The fraction of sp³-hybridized carbons (Fsp3) is 0.441. The largest absolute Gasteiger partial charge is 0.444 e. The first-order valence-electron chi connectivity index (χ1n) is 15.9. The monoisotopic (exact) mass is 660 g/mol. The van der Waals surface area contributed by atoms with Crippen molar-refractivity contribution in [1.82, 2.24) is 29.9 Å². The van der Waals surface area contributed by atoms with E-state index >= 15 is 8.78 Å². The molecule has 2 N–H and O–H groups in total. The van der Waals surface area contributed by atoms with Gasteiger partial charge in [0.15, 0.2) is 17.3 Å². The highest BCUT2D eigenvalue weighted by molar-refractivity contribution is 6.19. The number of nitrogens with one attached hydrogen (secondary N) is 2. The quantitative estimate of drug-likeness (QED) is 0.222. The molecule has 1 unspecified atom stereocenters. The molecule has 5 aromatic rings. The summed E-state index contributed by atoms with van der Waals surface area (Å²) in [6.07, 6.45) is 7.17. The molecule has 12 nitrogen and oxygen atoms in total. The Bertz CT molecular complexity index is 2110. The molecule has 0 radical (unpaired) electrons. The minimum absolute atomic E-state index is 0.0342. The number of nitrogens with zero attached hydrogens (tertiary/aromatic N) is 6. The first kappa shape index (κ1) is 31.6. The Morgan fingerprint density at radius 2 is 1.83 bits per heavy atom. The molecule has 1 aliphatic heterocycles. The fourth-order valence-corrected chi connectivity index (χ4v) is 6.65. The number of carbonyl (C=O) groups excluding carboxylic acids is 2. The summed E-state index contributed by atoms with van der Waals surface area (Å²) in [4.78, 5) is 41.4. The van der Waals surface area contributed by atoms with Crippen LogP contribution in [0.4, 0.5) is 29.7 Å². The third kappa shape index (κ3) is 5.52. The van der Waals surface area contributed by atoms with Crippen molar-refractivity contribution in [1.29, 1.82) is 0 Å². The van der Waals surface area contributed by atoms with Crippen LogP contribution in [-0.2, 0) is 9.47 Å². The van der Waals surface area contributed by atoms with Crippen LogP contribution in [0.3, 0.4) is 0 Å². The molecule has 2 fully saturated rings. The molecule has 2 amide bonds. The fourth-order valence-electron chi connectivity index (χ4n) is 6.65. The molecule has 1 spiro atoms. The summed E-state index contributed by atoms with van der Waals surface area (Å²) in [5, 5.41) is 7.68. The summed E-state index contributed by atoms with van der Waals surface area (Å²) >= 11 is 0. The first-order chi connectivity index (χ1) is 22.5. The van der Waals surface area contributed by atoms with Gasteiger partial charge in [0.25, 0.3) is 0 Å². The number of pyridine rings is 1. The van der Waals surface area contributed by atoms with Gasteiger partial charge in [-0.1, -0.05) is 0 Å². The van der Waals surface area contributed by atoms with Gasteiger partial charge in [0.1, 0.15) is 16.8 Å². The normalized spacial score (nSPS) is 19.4. The highest BCUT2D eigenvalue weighted by atomic mass is 19.2. The lowest BCUT2D eigenvalue weighted by Gasteiger charge is -2.25. The van der Waals surface area contributed by atoms with E-state index in [9.17, 15) is 9.59 Å². The molecule has 4 aromatic heterocycles. The Kier molecular flexibility index (Phi) is 7.08. The number of amides is 2. The molecular formula is C34H38F2N8O4. The number of benzene rings is 1.